The molecule has 1 aromatic heterocycles. The summed E-state index contributed by atoms with van der Waals surface area (Å²) in [5.41, 5.74) is 11.1. The van der Waals surface area contributed by atoms with Crippen LogP contribution in [0.1, 0.15) is 13.3 Å². The van der Waals surface area contributed by atoms with Crippen molar-refractivity contribution in [2.75, 3.05) is 5.32 Å². The van der Waals surface area contributed by atoms with Gasteiger partial charge in [0, 0.05) is 27.9 Å². The number of hydrogen-bond donors (Lipinski definition) is 1. The summed E-state index contributed by atoms with van der Waals surface area (Å²) in [6.45, 7) is 10.7. The number of para-hydroxylation sites is 2. The molecule has 0 unspecified atom stereocenters. The Balaban J connectivity index is 1.30. The quantitative estimate of drug-likeness (QED) is 0.163. The van der Waals surface area contributed by atoms with Crippen LogP contribution >= 0.6 is 0 Å². The molecule has 2 heteroatoms. The Bertz CT molecular complexity index is 2000. The van der Waals surface area contributed by atoms with E-state index in [0.717, 1.165) is 28.2 Å². The highest BCUT2D eigenvalue weighted by atomic mass is 15.0. The molecule has 5 aromatic carbocycles. The van der Waals surface area contributed by atoms with E-state index in [1.807, 2.05) is 25.2 Å². The maximum absolute atomic E-state index is 4.50. The Kier molecular flexibility index (Phi) is 8.52. The Morgan fingerprint density at radius 3 is 1.95 bits per heavy atom. The first-order chi connectivity index (χ1) is 21.7. The molecule has 0 aliphatic rings. The van der Waals surface area contributed by atoms with Crippen LogP contribution in [0.5, 0.6) is 0 Å². The molecule has 0 bridgehead atoms. The summed E-state index contributed by atoms with van der Waals surface area (Å²) in [6, 6.07) is 44.8. The van der Waals surface area contributed by atoms with E-state index in [0.29, 0.717) is 6.42 Å². The van der Waals surface area contributed by atoms with Crippen LogP contribution in [0.2, 0.25) is 0 Å². The van der Waals surface area contributed by atoms with Crippen molar-refractivity contribution < 1.29 is 0 Å². The summed E-state index contributed by atoms with van der Waals surface area (Å²) in [6.07, 6.45) is 11.0. The molecule has 44 heavy (non-hydrogen) atoms. The van der Waals surface area contributed by atoms with E-state index in [2.05, 4.69) is 163 Å². The summed E-state index contributed by atoms with van der Waals surface area (Å²) in [5, 5.41) is 6.14. The number of rotatable bonds is 10. The molecule has 0 fully saturated rings. The van der Waals surface area contributed by atoms with Crippen LogP contribution in [0, 0.1) is 0 Å². The molecule has 0 radical (unpaired) electrons. The normalized spacial score (nSPS) is 12.2. The van der Waals surface area contributed by atoms with Gasteiger partial charge < -0.3 is 9.88 Å². The Labute approximate surface area is 260 Å². The third kappa shape index (κ3) is 5.84. The van der Waals surface area contributed by atoms with Crippen LogP contribution in [0.25, 0.3) is 49.8 Å². The van der Waals surface area contributed by atoms with Crippen molar-refractivity contribution in [3.8, 4) is 22.3 Å². The molecule has 0 spiro atoms. The van der Waals surface area contributed by atoms with Gasteiger partial charge in [0.1, 0.15) is 0 Å². The zero-order valence-electron chi connectivity index (χ0n) is 25.1. The van der Waals surface area contributed by atoms with Crippen LogP contribution in [0.3, 0.4) is 0 Å². The van der Waals surface area contributed by atoms with Crippen molar-refractivity contribution in [2.24, 2.45) is 0 Å². The number of hydrogen-bond acceptors (Lipinski definition) is 1. The molecule has 0 aliphatic heterocycles. The maximum atomic E-state index is 4.50. The highest BCUT2D eigenvalue weighted by Crippen LogP contribution is 2.34. The number of benzene rings is 5. The molecular formula is C42H36N2. The van der Waals surface area contributed by atoms with E-state index in [-0.39, 0.29) is 0 Å². The smallest absolute Gasteiger partial charge is 0.0540 e. The monoisotopic (exact) mass is 568 g/mol. The fraction of sp³-hybridized carbons (Fsp3) is 0.0476. The lowest BCUT2D eigenvalue weighted by Crippen LogP contribution is -2.03. The second kappa shape index (κ2) is 13.1. The van der Waals surface area contributed by atoms with Gasteiger partial charge in [0.25, 0.3) is 0 Å². The SMILES string of the molecule is C=C/C(=C\CC(=C)/C(=C\C=C/C)Nc1cccc(-c2ccccc2-c2ccccc2)c1)n1c2ccccc2c2ccccc21. The van der Waals surface area contributed by atoms with E-state index in [1.165, 1.54) is 38.5 Å². The van der Waals surface area contributed by atoms with Crippen LogP contribution < -0.4 is 5.32 Å². The van der Waals surface area contributed by atoms with Crippen molar-refractivity contribution in [1.29, 1.82) is 0 Å². The molecule has 0 amide bonds. The van der Waals surface area contributed by atoms with Gasteiger partial charge >= 0.3 is 0 Å². The lowest BCUT2D eigenvalue weighted by molar-refractivity contribution is 1.17. The van der Waals surface area contributed by atoms with Crippen molar-refractivity contribution in [3.63, 3.8) is 0 Å². The van der Waals surface area contributed by atoms with Gasteiger partial charge in [-0.25, -0.2) is 0 Å². The minimum Gasteiger partial charge on any atom is -0.355 e. The van der Waals surface area contributed by atoms with E-state index >= 15 is 0 Å². The third-order valence-corrected chi connectivity index (χ3v) is 7.91. The highest BCUT2D eigenvalue weighted by molar-refractivity contribution is 6.10. The Morgan fingerprint density at radius 1 is 0.705 bits per heavy atom. The van der Waals surface area contributed by atoms with Crippen LogP contribution in [0.15, 0.2) is 182 Å². The molecule has 0 saturated carbocycles. The highest BCUT2D eigenvalue weighted by Gasteiger charge is 2.12. The average molecular weight is 569 g/mol. The molecule has 0 saturated heterocycles. The molecule has 0 atom stereocenters. The molecule has 1 N–H and O–H groups in total. The van der Waals surface area contributed by atoms with E-state index in [4.69, 9.17) is 0 Å². The largest absolute Gasteiger partial charge is 0.355 e. The maximum Gasteiger partial charge on any atom is 0.0540 e. The summed E-state index contributed by atoms with van der Waals surface area (Å²) in [4.78, 5) is 0. The van der Waals surface area contributed by atoms with Crippen molar-refractivity contribution in [3.05, 3.63) is 182 Å². The Morgan fingerprint density at radius 2 is 1.30 bits per heavy atom. The summed E-state index contributed by atoms with van der Waals surface area (Å²) in [7, 11) is 0. The van der Waals surface area contributed by atoms with Crippen molar-refractivity contribution >= 4 is 33.2 Å². The fourth-order valence-electron chi connectivity index (χ4n) is 5.77. The van der Waals surface area contributed by atoms with Gasteiger partial charge in [-0.1, -0.05) is 135 Å². The van der Waals surface area contributed by atoms with Crippen LogP contribution in [-0.4, -0.2) is 4.57 Å². The average Bonchev–Trinajstić information content (AvgIpc) is 3.42. The van der Waals surface area contributed by atoms with Gasteiger partial charge in [-0.05, 0) is 77.6 Å². The van der Waals surface area contributed by atoms with E-state index in [9.17, 15) is 0 Å². The van der Waals surface area contributed by atoms with Crippen LogP contribution in [-0.2, 0) is 0 Å². The first kappa shape index (κ1) is 28.5. The summed E-state index contributed by atoms with van der Waals surface area (Å²) < 4.78 is 2.29. The van der Waals surface area contributed by atoms with Gasteiger partial charge in [0.05, 0.1) is 11.0 Å². The first-order valence-corrected chi connectivity index (χ1v) is 15.0. The molecule has 1 heterocycles. The molecule has 0 aliphatic carbocycles. The number of nitrogens with zero attached hydrogens (tertiary/aromatic N) is 1. The lowest BCUT2D eigenvalue weighted by atomic mass is 9.94. The number of nitrogens with one attached hydrogen (secondary N) is 1. The predicted molar refractivity (Wildman–Crippen MR) is 192 cm³/mol. The van der Waals surface area contributed by atoms with Gasteiger partial charge in [-0.2, -0.15) is 0 Å². The molecule has 214 valence electrons. The second-order valence-corrected chi connectivity index (χ2v) is 10.7. The molecule has 6 aromatic rings. The zero-order valence-corrected chi connectivity index (χ0v) is 25.1. The number of allylic oxidation sites excluding steroid dienone is 7. The minimum atomic E-state index is 0.662. The fourth-order valence-corrected chi connectivity index (χ4v) is 5.77. The van der Waals surface area contributed by atoms with Crippen molar-refractivity contribution in [1.82, 2.24) is 4.57 Å². The number of fused-ring (bicyclic) bond motifs is 3. The van der Waals surface area contributed by atoms with Crippen LogP contribution in [0.4, 0.5) is 5.69 Å². The molecule has 2 nitrogen and oxygen atoms in total. The van der Waals surface area contributed by atoms with Crippen molar-refractivity contribution in [2.45, 2.75) is 13.3 Å². The topological polar surface area (TPSA) is 17.0 Å². The lowest BCUT2D eigenvalue weighted by Gasteiger charge is -2.16. The van der Waals surface area contributed by atoms with Gasteiger partial charge in [-0.15, -0.1) is 0 Å². The van der Waals surface area contributed by atoms with Gasteiger partial charge in [-0.3, -0.25) is 0 Å². The van der Waals surface area contributed by atoms with E-state index in [1.54, 1.807) is 0 Å². The molecule has 6 rings (SSSR count). The molecular weight excluding hydrogens is 532 g/mol. The third-order valence-electron chi connectivity index (χ3n) is 7.91. The van der Waals surface area contributed by atoms with Gasteiger partial charge in [0.2, 0.25) is 0 Å². The van der Waals surface area contributed by atoms with E-state index < -0.39 is 0 Å². The Hall–Kier alpha value is -5.60. The predicted octanol–water partition coefficient (Wildman–Crippen LogP) is 11.7. The summed E-state index contributed by atoms with van der Waals surface area (Å²) >= 11 is 0. The zero-order chi connectivity index (χ0) is 30.3. The number of anilines is 1. The number of aromatic nitrogens is 1. The second-order valence-electron chi connectivity index (χ2n) is 10.7. The van der Waals surface area contributed by atoms with Gasteiger partial charge in [0.15, 0.2) is 0 Å². The first-order valence-electron chi connectivity index (χ1n) is 15.0. The minimum absolute atomic E-state index is 0.662. The summed E-state index contributed by atoms with van der Waals surface area (Å²) in [5.74, 6) is 0. The standard InChI is InChI=1S/C42H36N2/c1-4-6-25-40(43-34-20-16-19-33(30-34)37-22-11-10-21-36(37)32-17-8-7-9-18-32)31(3)28-29-35(5-2)44-41-26-14-12-23-38(41)39-24-13-15-27-42(39)44/h4-27,29-30,43H,2-3,28H2,1H3/b6-4-,35-29+,40-25+.